The molecule has 13 heteroatoms. The maximum atomic E-state index is 13.5. The number of ether oxygens (including phenoxy) is 1. The number of rotatable bonds is 7. The maximum absolute atomic E-state index is 13.5. The predicted molar refractivity (Wildman–Crippen MR) is 131 cm³/mol. The SMILES string of the molecule is CC1CN(C)CCN1CC(=O)NC1(c2nnc(-c3ccccc3)s2)CC(C(N)=O)=CC=C1OC(F)(F)F. The number of nitrogens with one attached hydrogen (secondary N) is 1. The average Bonchev–Trinajstić information content (AvgIpc) is 3.33. The van der Waals surface area contributed by atoms with Gasteiger partial charge in [-0.05, 0) is 20.0 Å². The minimum Gasteiger partial charge on any atom is -0.407 e. The Balaban J connectivity index is 1.74. The monoisotopic (exact) mass is 536 g/mol. The van der Waals surface area contributed by atoms with Gasteiger partial charge in [0.05, 0.1) is 6.54 Å². The third-order valence-corrected chi connectivity index (χ3v) is 7.47. The second kappa shape index (κ2) is 10.6. The lowest BCUT2D eigenvalue weighted by Crippen LogP contribution is -2.56. The summed E-state index contributed by atoms with van der Waals surface area (Å²) >= 11 is 0.999. The highest BCUT2D eigenvalue weighted by molar-refractivity contribution is 7.14. The first kappa shape index (κ1) is 26.8. The van der Waals surface area contributed by atoms with Crippen molar-refractivity contribution in [1.29, 1.82) is 0 Å². The second-order valence-electron chi connectivity index (χ2n) is 9.13. The fourth-order valence-electron chi connectivity index (χ4n) is 4.47. The van der Waals surface area contributed by atoms with Crippen LogP contribution in [0.2, 0.25) is 0 Å². The molecule has 198 valence electrons. The summed E-state index contributed by atoms with van der Waals surface area (Å²) in [6.45, 7) is 4.02. The number of carbonyl (C=O) groups is 2. The van der Waals surface area contributed by atoms with Gasteiger partial charge in [0.2, 0.25) is 11.8 Å². The number of carbonyl (C=O) groups excluding carboxylic acids is 2. The molecule has 0 spiro atoms. The molecule has 1 fully saturated rings. The first-order valence-corrected chi connectivity index (χ1v) is 12.4. The fourth-order valence-corrected chi connectivity index (χ4v) is 5.47. The molecular weight excluding hydrogens is 509 g/mol. The molecule has 1 aromatic carbocycles. The topological polar surface area (TPSA) is 114 Å². The van der Waals surface area contributed by atoms with E-state index in [1.54, 1.807) is 24.3 Å². The Bertz CT molecular complexity index is 1220. The molecule has 0 saturated carbocycles. The lowest BCUT2D eigenvalue weighted by atomic mass is 9.84. The molecule has 1 aliphatic carbocycles. The molecule has 37 heavy (non-hydrogen) atoms. The van der Waals surface area contributed by atoms with Crippen molar-refractivity contribution in [2.75, 3.05) is 33.2 Å². The van der Waals surface area contributed by atoms with Crippen molar-refractivity contribution >= 4 is 23.2 Å². The second-order valence-corrected chi connectivity index (χ2v) is 10.1. The number of alkyl halides is 3. The van der Waals surface area contributed by atoms with E-state index >= 15 is 0 Å². The first-order valence-electron chi connectivity index (χ1n) is 11.6. The Hall–Kier alpha value is -3.29. The minimum atomic E-state index is -5.06. The molecule has 2 amide bonds. The van der Waals surface area contributed by atoms with Crippen LogP contribution in [0.5, 0.6) is 0 Å². The first-order chi connectivity index (χ1) is 17.5. The van der Waals surface area contributed by atoms with Gasteiger partial charge in [-0.1, -0.05) is 47.7 Å². The number of hydrogen-bond acceptors (Lipinski definition) is 8. The Morgan fingerprint density at radius 3 is 2.59 bits per heavy atom. The van der Waals surface area contributed by atoms with Gasteiger partial charge in [-0.2, -0.15) is 0 Å². The highest BCUT2D eigenvalue weighted by Crippen LogP contribution is 2.44. The number of hydrogen-bond donors (Lipinski definition) is 2. The van der Waals surface area contributed by atoms with Crippen LogP contribution in [0.1, 0.15) is 18.4 Å². The highest BCUT2D eigenvalue weighted by atomic mass is 32.1. The van der Waals surface area contributed by atoms with Crippen LogP contribution in [0.15, 0.2) is 53.8 Å². The van der Waals surface area contributed by atoms with Crippen LogP contribution >= 0.6 is 11.3 Å². The highest BCUT2D eigenvalue weighted by Gasteiger charge is 2.50. The molecule has 1 saturated heterocycles. The molecule has 2 atom stereocenters. The van der Waals surface area contributed by atoms with Gasteiger partial charge in [-0.3, -0.25) is 14.5 Å². The summed E-state index contributed by atoms with van der Waals surface area (Å²) in [6.07, 6.45) is -3.27. The van der Waals surface area contributed by atoms with Crippen LogP contribution in [0.25, 0.3) is 10.6 Å². The number of nitrogens with two attached hydrogens (primary N) is 1. The van der Waals surface area contributed by atoms with Crippen molar-refractivity contribution in [3.63, 3.8) is 0 Å². The van der Waals surface area contributed by atoms with Gasteiger partial charge in [0.25, 0.3) is 0 Å². The summed E-state index contributed by atoms with van der Waals surface area (Å²) in [6, 6.07) is 9.01. The molecule has 1 aromatic heterocycles. The predicted octanol–water partition coefficient (Wildman–Crippen LogP) is 2.39. The molecule has 0 bridgehead atoms. The van der Waals surface area contributed by atoms with E-state index in [1.165, 1.54) is 0 Å². The van der Waals surface area contributed by atoms with Crippen LogP contribution in [-0.2, 0) is 19.9 Å². The smallest absolute Gasteiger partial charge is 0.407 e. The zero-order chi connectivity index (χ0) is 26.8. The van der Waals surface area contributed by atoms with Gasteiger partial charge in [-0.15, -0.1) is 23.4 Å². The summed E-state index contributed by atoms with van der Waals surface area (Å²) in [5.41, 5.74) is 4.26. The maximum Gasteiger partial charge on any atom is 0.572 e. The lowest BCUT2D eigenvalue weighted by molar-refractivity contribution is -0.310. The minimum absolute atomic E-state index is 0.0132. The standard InChI is InChI=1S/C24H27F3N6O3S/c1-15-13-32(2)10-11-33(15)14-19(34)29-23(22-31-30-21(37-22)16-6-4-3-5-7-16)12-17(20(28)35)8-9-18(23)36-24(25,26)27/h3-9,15H,10-14H2,1-2H3,(H2,28,35)(H,29,34). The van der Waals surface area contributed by atoms with E-state index < -0.39 is 29.5 Å². The van der Waals surface area contributed by atoms with Gasteiger partial charge in [0.15, 0.2) is 10.5 Å². The van der Waals surface area contributed by atoms with Crippen LogP contribution < -0.4 is 11.1 Å². The third kappa shape index (κ3) is 6.17. The molecule has 3 N–H and O–H groups in total. The van der Waals surface area contributed by atoms with Gasteiger partial charge < -0.3 is 20.7 Å². The van der Waals surface area contributed by atoms with Crippen molar-refractivity contribution in [3.8, 4) is 10.6 Å². The summed E-state index contributed by atoms with van der Waals surface area (Å²) in [4.78, 5) is 29.5. The zero-order valence-corrected chi connectivity index (χ0v) is 21.1. The van der Waals surface area contributed by atoms with Crippen LogP contribution in [0.4, 0.5) is 13.2 Å². The number of likely N-dealkylation sites (N-methyl/N-ethyl adjacent to an activating group) is 1. The zero-order valence-electron chi connectivity index (χ0n) is 20.3. The molecule has 2 aliphatic rings. The fraction of sp³-hybridized carbons (Fsp3) is 0.417. The van der Waals surface area contributed by atoms with Crippen molar-refractivity contribution in [3.05, 3.63) is 58.8 Å². The molecule has 2 heterocycles. The van der Waals surface area contributed by atoms with E-state index in [9.17, 15) is 22.8 Å². The molecule has 1 aliphatic heterocycles. The number of amides is 2. The van der Waals surface area contributed by atoms with Crippen molar-refractivity contribution in [2.24, 2.45) is 5.73 Å². The van der Waals surface area contributed by atoms with Crippen molar-refractivity contribution < 1.29 is 27.5 Å². The van der Waals surface area contributed by atoms with Crippen LogP contribution in [0.3, 0.4) is 0 Å². The number of primary amides is 1. The Morgan fingerprint density at radius 1 is 1.22 bits per heavy atom. The van der Waals surface area contributed by atoms with Crippen molar-refractivity contribution in [2.45, 2.75) is 31.3 Å². The van der Waals surface area contributed by atoms with Gasteiger partial charge >= 0.3 is 6.36 Å². The summed E-state index contributed by atoms with van der Waals surface area (Å²) in [7, 11) is 1.98. The molecule has 2 aromatic rings. The normalized spacial score (nSPS) is 23.2. The number of benzene rings is 1. The Kier molecular flexibility index (Phi) is 7.67. The van der Waals surface area contributed by atoms with Crippen LogP contribution in [-0.4, -0.2) is 77.4 Å². The number of allylic oxidation sites excluding steroid dienone is 2. The Labute approximate surface area is 215 Å². The number of halogens is 3. The van der Waals surface area contributed by atoms with E-state index in [4.69, 9.17) is 5.73 Å². The Morgan fingerprint density at radius 2 is 1.95 bits per heavy atom. The third-order valence-electron chi connectivity index (χ3n) is 6.33. The number of piperazine rings is 1. The van der Waals surface area contributed by atoms with Gasteiger partial charge in [-0.25, -0.2) is 0 Å². The average molecular weight is 537 g/mol. The number of nitrogens with zero attached hydrogens (tertiary/aromatic N) is 4. The summed E-state index contributed by atoms with van der Waals surface area (Å²) in [5, 5.41) is 11.5. The van der Waals surface area contributed by atoms with E-state index in [2.05, 4.69) is 25.2 Å². The van der Waals surface area contributed by atoms with Gasteiger partial charge in [0, 0.05) is 43.2 Å². The van der Waals surface area contributed by atoms with E-state index in [0.29, 0.717) is 17.1 Å². The van der Waals surface area contributed by atoms with E-state index in [1.807, 2.05) is 24.9 Å². The molecule has 2 unspecified atom stereocenters. The molecule has 0 radical (unpaired) electrons. The largest absolute Gasteiger partial charge is 0.572 e. The van der Waals surface area contributed by atoms with E-state index in [-0.39, 0.29) is 29.6 Å². The summed E-state index contributed by atoms with van der Waals surface area (Å²) in [5.74, 6) is -2.00. The van der Waals surface area contributed by atoms with E-state index in [0.717, 1.165) is 36.6 Å². The molecule has 9 nitrogen and oxygen atoms in total. The van der Waals surface area contributed by atoms with Crippen molar-refractivity contribution in [1.82, 2.24) is 25.3 Å². The van der Waals surface area contributed by atoms with Gasteiger partial charge in [0.1, 0.15) is 10.8 Å². The molecular formula is C24H27F3N6O3S. The number of aromatic nitrogens is 2. The quantitative estimate of drug-likeness (QED) is 0.559. The lowest BCUT2D eigenvalue weighted by Gasteiger charge is -2.40. The van der Waals surface area contributed by atoms with Crippen LogP contribution in [0, 0.1) is 0 Å². The molecule has 4 rings (SSSR count). The summed E-state index contributed by atoms with van der Waals surface area (Å²) < 4.78 is 44.9.